The second-order valence-corrected chi connectivity index (χ2v) is 13.4. The van der Waals surface area contributed by atoms with Crippen LogP contribution in [0.1, 0.15) is 58.1 Å². The number of hydrogen-bond acceptors (Lipinski definition) is 6. The first-order chi connectivity index (χ1) is 20.9. The number of nitrogens with zero attached hydrogens (tertiary/aromatic N) is 1. The molecule has 5 N–H and O–H groups in total. The molecule has 3 aromatic carbocycles. The lowest BCUT2D eigenvalue weighted by Gasteiger charge is -2.62. The number of thiocarbonyl (C=S) groups is 1. The first-order valence-corrected chi connectivity index (χ1v) is 15.6. The van der Waals surface area contributed by atoms with Crippen LogP contribution in [-0.2, 0) is 18.3 Å². The third-order valence-electron chi connectivity index (χ3n) is 10.7. The fraction of sp³-hybridized carbons (Fsp3) is 0.353. The Kier molecular flexibility index (Phi) is 5.24. The molecule has 0 unspecified atom stereocenters. The average Bonchev–Trinajstić information content (AvgIpc) is 3.64. The highest BCUT2D eigenvalue weighted by atomic mass is 32.1. The van der Waals surface area contributed by atoms with Crippen molar-refractivity contribution in [3.63, 3.8) is 0 Å². The number of ether oxygens (including phenoxy) is 1. The van der Waals surface area contributed by atoms with Crippen LogP contribution in [0.5, 0.6) is 11.5 Å². The first-order valence-electron chi connectivity index (χ1n) is 15.2. The molecule has 0 radical (unpaired) electrons. The number of aliphatic hydroxyl groups is 1. The maximum absolute atomic E-state index is 13.1. The van der Waals surface area contributed by atoms with Crippen molar-refractivity contribution in [2.45, 2.75) is 55.3 Å². The summed E-state index contributed by atoms with van der Waals surface area (Å²) in [6.07, 6.45) is 4.11. The highest BCUT2D eigenvalue weighted by Crippen LogP contribution is 2.69. The molecule has 2 aliphatic heterocycles. The van der Waals surface area contributed by atoms with E-state index in [9.17, 15) is 15.0 Å². The molecule has 1 spiro atoms. The summed E-state index contributed by atoms with van der Waals surface area (Å²) >= 11 is 5.48. The number of aromatic nitrogens is 1. The van der Waals surface area contributed by atoms with Crippen molar-refractivity contribution in [2.24, 2.45) is 5.92 Å². The van der Waals surface area contributed by atoms with Crippen LogP contribution in [0.4, 0.5) is 5.69 Å². The summed E-state index contributed by atoms with van der Waals surface area (Å²) in [5, 5.41) is 31.1. The van der Waals surface area contributed by atoms with Crippen molar-refractivity contribution < 1.29 is 19.7 Å². The lowest BCUT2D eigenvalue weighted by Crippen LogP contribution is -2.74. The van der Waals surface area contributed by atoms with E-state index < -0.39 is 17.1 Å². The molecule has 2 fully saturated rings. The van der Waals surface area contributed by atoms with E-state index in [1.165, 1.54) is 18.4 Å². The van der Waals surface area contributed by atoms with Gasteiger partial charge in [-0.05, 0) is 97.9 Å². The van der Waals surface area contributed by atoms with Crippen molar-refractivity contribution in [1.82, 2.24) is 15.2 Å². The van der Waals surface area contributed by atoms with Crippen molar-refractivity contribution in [3.05, 3.63) is 88.6 Å². The molecule has 3 heterocycles. The molecule has 218 valence electrons. The monoisotopic (exact) mass is 592 g/mol. The third kappa shape index (κ3) is 3.50. The Morgan fingerprint density at radius 1 is 1.14 bits per heavy atom. The number of aromatic amines is 1. The quantitative estimate of drug-likeness (QED) is 0.219. The van der Waals surface area contributed by atoms with Crippen LogP contribution >= 0.6 is 12.2 Å². The number of piperidine rings is 1. The van der Waals surface area contributed by atoms with Gasteiger partial charge in [0.2, 0.25) is 0 Å². The fourth-order valence-corrected chi connectivity index (χ4v) is 8.84. The van der Waals surface area contributed by atoms with Gasteiger partial charge in [-0.15, -0.1) is 0 Å². The third-order valence-corrected chi connectivity index (χ3v) is 10.9. The van der Waals surface area contributed by atoms with Crippen LogP contribution in [-0.4, -0.2) is 55.8 Å². The molecule has 1 aromatic heterocycles. The number of carbonyl (C=O) groups is 1. The van der Waals surface area contributed by atoms with Gasteiger partial charge in [0.15, 0.2) is 22.7 Å². The van der Waals surface area contributed by atoms with Gasteiger partial charge >= 0.3 is 0 Å². The van der Waals surface area contributed by atoms with E-state index in [1.54, 1.807) is 18.2 Å². The van der Waals surface area contributed by atoms with E-state index in [2.05, 4.69) is 20.5 Å². The summed E-state index contributed by atoms with van der Waals surface area (Å²) in [5.41, 5.74) is 4.74. The number of hydrogen-bond donors (Lipinski definition) is 5. The molecule has 4 aromatic rings. The molecular weight excluding hydrogens is 560 g/mol. The maximum atomic E-state index is 13.1. The second kappa shape index (κ2) is 8.81. The number of aromatic hydroxyl groups is 1. The average molecular weight is 593 g/mol. The largest absolute Gasteiger partial charge is 0.504 e. The summed E-state index contributed by atoms with van der Waals surface area (Å²) < 4.78 is 6.70. The van der Waals surface area contributed by atoms with Crippen molar-refractivity contribution >= 4 is 39.8 Å². The van der Waals surface area contributed by atoms with Crippen LogP contribution in [0, 0.1) is 5.92 Å². The number of anilines is 1. The Hall–Kier alpha value is -3.92. The number of rotatable bonds is 4. The predicted molar refractivity (Wildman–Crippen MR) is 167 cm³/mol. The number of nitrogens with one attached hydrogen (secondary N) is 3. The first kappa shape index (κ1) is 25.6. The molecule has 3 aliphatic carbocycles. The van der Waals surface area contributed by atoms with Gasteiger partial charge in [0, 0.05) is 46.7 Å². The van der Waals surface area contributed by atoms with Crippen molar-refractivity contribution in [3.8, 4) is 11.5 Å². The molecule has 8 nitrogen and oxygen atoms in total. The summed E-state index contributed by atoms with van der Waals surface area (Å²) in [7, 11) is 0. The zero-order chi connectivity index (χ0) is 29.1. The highest BCUT2D eigenvalue weighted by Gasteiger charge is 2.72. The number of H-pyrrole nitrogens is 1. The van der Waals surface area contributed by atoms with Gasteiger partial charge in [-0.25, -0.2) is 0 Å². The number of phenolic OH excluding ortho intramolecular Hbond substituents is 1. The number of amides is 1. The van der Waals surface area contributed by atoms with Gasteiger partial charge < -0.3 is 25.3 Å². The van der Waals surface area contributed by atoms with Gasteiger partial charge in [-0.2, -0.15) is 0 Å². The lowest BCUT2D eigenvalue weighted by molar-refractivity contribution is -0.173. The van der Waals surface area contributed by atoms with Gasteiger partial charge in [0.1, 0.15) is 0 Å². The number of fused-ring (bicyclic) bond motifs is 4. The zero-order valence-corrected chi connectivity index (χ0v) is 24.3. The van der Waals surface area contributed by atoms with Gasteiger partial charge in [-0.1, -0.05) is 24.3 Å². The fourth-order valence-electron chi connectivity index (χ4n) is 8.63. The van der Waals surface area contributed by atoms with E-state index in [1.807, 2.05) is 42.5 Å². The molecule has 4 atom stereocenters. The zero-order valence-electron chi connectivity index (χ0n) is 23.5. The minimum Gasteiger partial charge on any atom is -0.504 e. The van der Waals surface area contributed by atoms with Crippen molar-refractivity contribution in [2.75, 3.05) is 18.4 Å². The molecule has 9 heteroatoms. The van der Waals surface area contributed by atoms with Crippen LogP contribution in [0.2, 0.25) is 0 Å². The minimum atomic E-state index is -1.05. The Bertz CT molecular complexity index is 1850. The topological polar surface area (TPSA) is 110 Å². The molecule has 5 aliphatic rings. The molecular formula is C34H32N4O4S. The predicted octanol–water partition coefficient (Wildman–Crippen LogP) is 4.70. The molecule has 1 saturated carbocycles. The Morgan fingerprint density at radius 3 is 2.79 bits per heavy atom. The van der Waals surface area contributed by atoms with E-state index in [-0.39, 0.29) is 22.8 Å². The Morgan fingerprint density at radius 2 is 1.98 bits per heavy atom. The lowest BCUT2D eigenvalue weighted by atomic mass is 9.49. The van der Waals surface area contributed by atoms with Crippen LogP contribution in [0.15, 0.2) is 60.7 Å². The normalized spacial score (nSPS) is 28.1. The van der Waals surface area contributed by atoms with Crippen LogP contribution < -0.4 is 15.4 Å². The summed E-state index contributed by atoms with van der Waals surface area (Å²) in [4.78, 5) is 18.8. The summed E-state index contributed by atoms with van der Waals surface area (Å²) in [6, 6.07) is 18.7. The SMILES string of the molecule is O=C(NC(=S)Nc1ccc2[nH]c3c(c2c1)C[C@@]1(O)[C@H]2Cc4ccc(O)c5c4[C@@]1(CCN2CC1CC1)[C@H]3O5)c1ccccc1. The summed E-state index contributed by atoms with van der Waals surface area (Å²) in [5.74, 6) is 1.12. The number of benzene rings is 3. The molecule has 9 rings (SSSR count). The molecule has 1 saturated heterocycles. The smallest absolute Gasteiger partial charge is 0.257 e. The highest BCUT2D eigenvalue weighted by molar-refractivity contribution is 7.80. The van der Waals surface area contributed by atoms with Gasteiger partial charge in [-0.3, -0.25) is 15.0 Å². The molecule has 1 amide bonds. The standard InChI is InChI=1S/C34H32N4O4S/c39-25-11-8-20-14-26-34(41)16-23-22-15-21(35-32(43)37-31(40)19-4-2-1-3-5-19)9-10-24(22)36-28(23)30-33(34,27(20)29(25)42-30)12-13-38(26)17-18-6-7-18/h1-5,8-11,15,18,26,30,36,39,41H,6-7,12-14,16-17H2,(H2,35,37,40,43)/t26-,30+,33+,34-/m1/s1. The van der Waals surface area contributed by atoms with Crippen molar-refractivity contribution in [1.29, 1.82) is 0 Å². The minimum absolute atomic E-state index is 0.0314. The van der Waals surface area contributed by atoms with Gasteiger partial charge in [0.25, 0.3) is 5.91 Å². The second-order valence-electron chi connectivity index (χ2n) is 13.0. The number of likely N-dealkylation sites (tertiary alicyclic amines) is 1. The van der Waals surface area contributed by atoms with E-state index in [0.717, 1.165) is 65.3 Å². The van der Waals surface area contributed by atoms with Crippen LogP contribution in [0.3, 0.4) is 0 Å². The van der Waals surface area contributed by atoms with E-state index in [0.29, 0.717) is 17.7 Å². The Labute approximate surface area is 254 Å². The molecule has 43 heavy (non-hydrogen) atoms. The van der Waals surface area contributed by atoms with E-state index in [4.69, 9.17) is 17.0 Å². The van der Waals surface area contributed by atoms with E-state index >= 15 is 0 Å². The molecule has 2 bridgehead atoms. The van der Waals surface area contributed by atoms with Gasteiger partial charge in [0.05, 0.1) is 16.7 Å². The number of carbonyl (C=O) groups excluding carboxylic acids is 1. The Balaban J connectivity index is 1.11. The summed E-state index contributed by atoms with van der Waals surface area (Å²) in [6.45, 7) is 1.93. The number of phenols is 1. The maximum Gasteiger partial charge on any atom is 0.257 e. The van der Waals surface area contributed by atoms with Crippen LogP contribution in [0.25, 0.3) is 10.9 Å².